The van der Waals surface area contributed by atoms with Gasteiger partial charge in [-0.25, -0.2) is 4.79 Å². The number of rotatable bonds is 4. The van der Waals surface area contributed by atoms with E-state index in [4.69, 9.17) is 9.15 Å². The lowest BCUT2D eigenvalue weighted by Crippen LogP contribution is -2.26. The van der Waals surface area contributed by atoms with Crippen LogP contribution in [0.1, 0.15) is 65.1 Å². The highest BCUT2D eigenvalue weighted by atomic mass is 32.1. The maximum Gasteiger partial charge on any atom is 0.342 e. The van der Waals surface area contributed by atoms with Gasteiger partial charge in [-0.15, -0.1) is 11.3 Å². The lowest BCUT2D eigenvalue weighted by atomic mass is 9.72. The zero-order valence-electron chi connectivity index (χ0n) is 17.5. The van der Waals surface area contributed by atoms with Gasteiger partial charge in [-0.2, -0.15) is 5.26 Å². The number of carbonyl (C=O) groups is 2. The minimum Gasteiger partial charge on any atom is -0.466 e. The molecule has 3 rings (SSSR count). The number of furan rings is 1. The van der Waals surface area contributed by atoms with Crippen molar-refractivity contribution in [2.24, 2.45) is 11.3 Å². The molecule has 0 aliphatic heterocycles. The molecule has 2 aromatic rings. The van der Waals surface area contributed by atoms with Gasteiger partial charge in [0.25, 0.3) is 5.91 Å². The highest BCUT2D eigenvalue weighted by molar-refractivity contribution is 7.16. The molecule has 2 heterocycles. The van der Waals surface area contributed by atoms with Gasteiger partial charge in [0.15, 0.2) is 6.61 Å². The molecule has 0 aromatic carbocycles. The van der Waals surface area contributed by atoms with Crippen molar-refractivity contribution in [1.29, 1.82) is 5.26 Å². The Hall–Kier alpha value is -2.59. The van der Waals surface area contributed by atoms with Gasteiger partial charge in [0, 0.05) is 4.88 Å². The lowest BCUT2D eigenvalue weighted by Gasteiger charge is -2.33. The molecule has 2 aromatic heterocycles. The monoisotopic (exact) mass is 414 g/mol. The molecule has 29 heavy (non-hydrogen) atoms. The second-order valence-corrected chi connectivity index (χ2v) is 9.68. The number of nitrogens with one attached hydrogen (secondary N) is 1. The Kier molecular flexibility index (Phi) is 5.85. The highest BCUT2D eigenvalue weighted by Gasteiger charge is 2.32. The fraction of sp³-hybridized carbons (Fsp3) is 0.500. The molecule has 0 saturated carbocycles. The summed E-state index contributed by atoms with van der Waals surface area (Å²) in [5, 5.41) is 12.9. The summed E-state index contributed by atoms with van der Waals surface area (Å²) in [4.78, 5) is 25.6. The molecular formula is C22H26N2O4S. The summed E-state index contributed by atoms with van der Waals surface area (Å²) in [6.07, 6.45) is 2.80. The summed E-state index contributed by atoms with van der Waals surface area (Å²) in [5.41, 5.74) is 2.11. The van der Waals surface area contributed by atoms with E-state index in [0.717, 1.165) is 24.8 Å². The predicted octanol–water partition coefficient (Wildman–Crippen LogP) is 4.78. The van der Waals surface area contributed by atoms with Crippen molar-refractivity contribution in [2.45, 2.75) is 53.9 Å². The molecule has 6 nitrogen and oxygen atoms in total. The van der Waals surface area contributed by atoms with Crippen LogP contribution in [-0.2, 0) is 22.4 Å². The number of ether oxygens (including phenoxy) is 1. The van der Waals surface area contributed by atoms with Gasteiger partial charge in [-0.05, 0) is 56.1 Å². The molecule has 1 N–H and O–H groups in total. The van der Waals surface area contributed by atoms with Crippen molar-refractivity contribution < 1.29 is 18.7 Å². The third kappa shape index (κ3) is 4.54. The predicted molar refractivity (Wildman–Crippen MR) is 111 cm³/mol. The Morgan fingerprint density at radius 3 is 2.69 bits per heavy atom. The zero-order chi connectivity index (χ0) is 21.3. The van der Waals surface area contributed by atoms with Crippen molar-refractivity contribution in [1.82, 2.24) is 0 Å². The van der Waals surface area contributed by atoms with E-state index in [-0.39, 0.29) is 5.41 Å². The Morgan fingerprint density at radius 1 is 1.38 bits per heavy atom. The van der Waals surface area contributed by atoms with Crippen LogP contribution in [0, 0.1) is 36.5 Å². The van der Waals surface area contributed by atoms with Crippen molar-refractivity contribution in [3.8, 4) is 6.07 Å². The maximum atomic E-state index is 12.3. The van der Waals surface area contributed by atoms with Crippen molar-refractivity contribution in [2.75, 3.05) is 11.9 Å². The molecule has 0 saturated heterocycles. The summed E-state index contributed by atoms with van der Waals surface area (Å²) in [7, 11) is 0. The number of fused-ring (bicyclic) bond motifs is 1. The normalized spacial score (nSPS) is 16.1. The highest BCUT2D eigenvalue weighted by Crippen LogP contribution is 2.43. The maximum absolute atomic E-state index is 12.3. The van der Waals surface area contributed by atoms with Crippen LogP contribution < -0.4 is 5.32 Å². The molecule has 0 radical (unpaired) electrons. The number of hydrogen-bond acceptors (Lipinski definition) is 6. The topological polar surface area (TPSA) is 92.3 Å². The second-order valence-electron chi connectivity index (χ2n) is 8.58. The van der Waals surface area contributed by atoms with Crippen LogP contribution in [0.3, 0.4) is 0 Å². The van der Waals surface area contributed by atoms with Gasteiger partial charge in [0.2, 0.25) is 0 Å². The number of nitrogens with zero attached hydrogens (tertiary/aromatic N) is 1. The van der Waals surface area contributed by atoms with Gasteiger partial charge >= 0.3 is 5.97 Å². The largest absolute Gasteiger partial charge is 0.466 e. The quantitative estimate of drug-likeness (QED) is 0.727. The fourth-order valence-corrected chi connectivity index (χ4v) is 5.03. The van der Waals surface area contributed by atoms with Crippen molar-refractivity contribution in [3.05, 3.63) is 39.2 Å². The lowest BCUT2D eigenvalue weighted by molar-refractivity contribution is -0.119. The van der Waals surface area contributed by atoms with E-state index in [0.29, 0.717) is 33.6 Å². The Morgan fingerprint density at radius 2 is 2.10 bits per heavy atom. The van der Waals surface area contributed by atoms with Gasteiger partial charge in [-0.3, -0.25) is 4.79 Å². The number of esters is 1. The minimum absolute atomic E-state index is 0.204. The Bertz CT molecular complexity index is 988. The number of anilines is 1. The van der Waals surface area contributed by atoms with Gasteiger partial charge < -0.3 is 14.5 Å². The summed E-state index contributed by atoms with van der Waals surface area (Å²) in [5.74, 6) is 0.549. The van der Waals surface area contributed by atoms with Crippen LogP contribution in [-0.4, -0.2) is 18.5 Å². The van der Waals surface area contributed by atoms with Gasteiger partial charge in [-0.1, -0.05) is 20.8 Å². The smallest absolute Gasteiger partial charge is 0.342 e. The minimum atomic E-state index is -0.603. The molecule has 1 atom stereocenters. The van der Waals surface area contributed by atoms with Crippen molar-refractivity contribution >= 4 is 28.2 Å². The molecule has 154 valence electrons. The van der Waals surface area contributed by atoms with E-state index in [1.165, 1.54) is 16.2 Å². The number of aryl methyl sites for hydroxylation is 2. The fourth-order valence-electron chi connectivity index (χ4n) is 3.74. The number of thiophene rings is 1. The first-order valence-corrected chi connectivity index (χ1v) is 10.5. The molecule has 0 fully saturated rings. The molecule has 0 unspecified atom stereocenters. The average Bonchev–Trinajstić information content (AvgIpc) is 3.16. The third-order valence-electron chi connectivity index (χ3n) is 5.45. The Labute approximate surface area is 174 Å². The van der Waals surface area contributed by atoms with Gasteiger partial charge in [0.05, 0.1) is 5.56 Å². The van der Waals surface area contributed by atoms with Crippen molar-refractivity contribution in [3.63, 3.8) is 0 Å². The summed E-state index contributed by atoms with van der Waals surface area (Å²) >= 11 is 1.46. The molecule has 0 spiro atoms. The second kappa shape index (κ2) is 8.03. The van der Waals surface area contributed by atoms with Crippen LogP contribution >= 0.6 is 11.3 Å². The van der Waals surface area contributed by atoms with Crippen LogP contribution in [0.15, 0.2) is 10.5 Å². The molecule has 1 amide bonds. The van der Waals surface area contributed by atoms with E-state index in [1.54, 1.807) is 19.9 Å². The molecule has 1 aliphatic carbocycles. The Balaban J connectivity index is 1.67. The third-order valence-corrected chi connectivity index (χ3v) is 6.62. The van der Waals surface area contributed by atoms with E-state index in [9.17, 15) is 14.9 Å². The number of hydrogen-bond donors (Lipinski definition) is 1. The first kappa shape index (κ1) is 21.1. The molecular weight excluding hydrogens is 388 g/mol. The standard InChI is InChI=1S/C22H26N2O4S/c1-12-8-16(13(2)28-12)21(26)27-11-19(25)24-20-17(10-23)15-7-6-14(22(3,4)5)9-18(15)29-20/h8,14H,6-7,9,11H2,1-5H3,(H,24,25)/t14-/m0/s1. The first-order valence-electron chi connectivity index (χ1n) is 9.68. The van der Waals surface area contributed by atoms with E-state index >= 15 is 0 Å². The van der Waals surface area contributed by atoms with Crippen LogP contribution in [0.25, 0.3) is 0 Å². The van der Waals surface area contributed by atoms with E-state index in [2.05, 4.69) is 32.2 Å². The van der Waals surface area contributed by atoms with Crippen LogP contribution in [0.5, 0.6) is 0 Å². The molecule has 0 bridgehead atoms. The zero-order valence-corrected chi connectivity index (χ0v) is 18.3. The number of nitriles is 1. The first-order chi connectivity index (χ1) is 13.6. The van der Waals surface area contributed by atoms with Gasteiger partial charge in [0.1, 0.15) is 28.2 Å². The number of carbonyl (C=O) groups excluding carboxylic acids is 2. The van der Waals surface area contributed by atoms with Crippen LogP contribution in [0.2, 0.25) is 0 Å². The molecule has 1 aliphatic rings. The summed E-state index contributed by atoms with van der Waals surface area (Å²) in [6.45, 7) is 9.71. The van der Waals surface area contributed by atoms with E-state index in [1.807, 2.05) is 0 Å². The van der Waals surface area contributed by atoms with Crippen LogP contribution in [0.4, 0.5) is 5.00 Å². The summed E-state index contributed by atoms with van der Waals surface area (Å²) < 4.78 is 10.4. The number of amides is 1. The molecule has 7 heteroatoms. The SMILES string of the molecule is Cc1cc(C(=O)OCC(=O)Nc2sc3c(c2C#N)CC[C@H](C(C)(C)C)C3)c(C)o1. The average molecular weight is 415 g/mol. The van der Waals surface area contributed by atoms with E-state index < -0.39 is 18.5 Å². The summed E-state index contributed by atoms with van der Waals surface area (Å²) in [6, 6.07) is 3.82.